The SMILES string of the molecule is NCC1CCC(COc2ccccc2Br)O1. The molecular formula is C12H16BrNO2. The fourth-order valence-corrected chi connectivity index (χ4v) is 2.22. The van der Waals surface area contributed by atoms with Crippen LogP contribution in [-0.2, 0) is 4.74 Å². The van der Waals surface area contributed by atoms with Gasteiger partial charge in [0.1, 0.15) is 12.4 Å². The highest BCUT2D eigenvalue weighted by atomic mass is 79.9. The molecule has 1 aromatic rings. The van der Waals surface area contributed by atoms with E-state index in [1.165, 1.54) is 0 Å². The summed E-state index contributed by atoms with van der Waals surface area (Å²) in [5.74, 6) is 0.863. The maximum atomic E-state index is 5.71. The van der Waals surface area contributed by atoms with Crippen LogP contribution in [0, 0.1) is 0 Å². The Balaban J connectivity index is 1.82. The zero-order valence-corrected chi connectivity index (χ0v) is 10.7. The van der Waals surface area contributed by atoms with Crippen molar-refractivity contribution in [1.29, 1.82) is 0 Å². The van der Waals surface area contributed by atoms with Gasteiger partial charge in [-0.2, -0.15) is 0 Å². The minimum Gasteiger partial charge on any atom is -0.490 e. The van der Waals surface area contributed by atoms with Crippen molar-refractivity contribution in [2.45, 2.75) is 25.0 Å². The van der Waals surface area contributed by atoms with E-state index in [9.17, 15) is 0 Å². The van der Waals surface area contributed by atoms with Crippen molar-refractivity contribution in [3.05, 3.63) is 28.7 Å². The standard InChI is InChI=1S/C12H16BrNO2/c13-11-3-1-2-4-12(11)15-8-10-6-5-9(7-14)16-10/h1-4,9-10H,5-8,14H2. The van der Waals surface area contributed by atoms with E-state index in [0.29, 0.717) is 13.2 Å². The van der Waals surface area contributed by atoms with Gasteiger partial charge in [0.2, 0.25) is 0 Å². The molecule has 3 nitrogen and oxygen atoms in total. The van der Waals surface area contributed by atoms with Crippen LogP contribution in [0.1, 0.15) is 12.8 Å². The number of para-hydroxylation sites is 1. The maximum Gasteiger partial charge on any atom is 0.133 e. The Morgan fingerprint density at radius 1 is 1.31 bits per heavy atom. The normalized spacial score (nSPS) is 24.6. The van der Waals surface area contributed by atoms with Gasteiger partial charge in [-0.1, -0.05) is 12.1 Å². The Morgan fingerprint density at radius 3 is 2.75 bits per heavy atom. The van der Waals surface area contributed by atoms with Gasteiger partial charge in [0.25, 0.3) is 0 Å². The van der Waals surface area contributed by atoms with Crippen LogP contribution in [-0.4, -0.2) is 25.4 Å². The van der Waals surface area contributed by atoms with E-state index in [2.05, 4.69) is 15.9 Å². The first-order valence-electron chi connectivity index (χ1n) is 5.52. The lowest BCUT2D eigenvalue weighted by atomic mass is 10.2. The second-order valence-corrected chi connectivity index (χ2v) is 4.79. The van der Waals surface area contributed by atoms with Gasteiger partial charge in [0.15, 0.2) is 0 Å². The zero-order chi connectivity index (χ0) is 11.4. The van der Waals surface area contributed by atoms with Gasteiger partial charge >= 0.3 is 0 Å². The predicted molar refractivity (Wildman–Crippen MR) is 66.6 cm³/mol. The van der Waals surface area contributed by atoms with E-state index in [4.69, 9.17) is 15.2 Å². The third-order valence-corrected chi connectivity index (χ3v) is 3.37. The van der Waals surface area contributed by atoms with Crippen LogP contribution in [0.4, 0.5) is 0 Å². The molecule has 0 aliphatic carbocycles. The summed E-state index contributed by atoms with van der Waals surface area (Å²) in [6, 6.07) is 7.83. The summed E-state index contributed by atoms with van der Waals surface area (Å²) in [4.78, 5) is 0. The smallest absolute Gasteiger partial charge is 0.133 e. The molecular weight excluding hydrogens is 270 g/mol. The molecule has 4 heteroatoms. The molecule has 0 amide bonds. The third kappa shape index (κ3) is 2.97. The molecule has 2 N–H and O–H groups in total. The van der Waals surface area contributed by atoms with Gasteiger partial charge in [0, 0.05) is 6.54 Å². The molecule has 2 unspecified atom stereocenters. The maximum absolute atomic E-state index is 5.71. The fraction of sp³-hybridized carbons (Fsp3) is 0.500. The number of hydrogen-bond donors (Lipinski definition) is 1. The van der Waals surface area contributed by atoms with Crippen molar-refractivity contribution in [2.75, 3.05) is 13.2 Å². The Kier molecular flexibility index (Phi) is 4.21. The summed E-state index contributed by atoms with van der Waals surface area (Å²) in [6.45, 7) is 1.20. The number of hydrogen-bond acceptors (Lipinski definition) is 3. The van der Waals surface area contributed by atoms with Crippen LogP contribution in [0.3, 0.4) is 0 Å². The average Bonchev–Trinajstić information content (AvgIpc) is 2.76. The van der Waals surface area contributed by atoms with E-state index < -0.39 is 0 Å². The molecule has 1 fully saturated rings. The van der Waals surface area contributed by atoms with Crippen molar-refractivity contribution < 1.29 is 9.47 Å². The van der Waals surface area contributed by atoms with Crippen LogP contribution in [0.25, 0.3) is 0 Å². The Hall–Kier alpha value is -0.580. The number of nitrogens with two attached hydrogens (primary N) is 1. The average molecular weight is 286 g/mol. The lowest BCUT2D eigenvalue weighted by Gasteiger charge is -2.14. The number of ether oxygens (including phenoxy) is 2. The Bertz CT molecular complexity index is 346. The molecule has 1 aromatic carbocycles. The summed E-state index contributed by atoms with van der Waals surface area (Å²) in [5, 5.41) is 0. The quantitative estimate of drug-likeness (QED) is 0.924. The van der Waals surface area contributed by atoms with Gasteiger partial charge in [-0.15, -0.1) is 0 Å². The molecule has 1 saturated heterocycles. The van der Waals surface area contributed by atoms with Gasteiger partial charge in [-0.25, -0.2) is 0 Å². The largest absolute Gasteiger partial charge is 0.490 e. The van der Waals surface area contributed by atoms with Gasteiger partial charge in [-0.05, 0) is 40.9 Å². The molecule has 0 aromatic heterocycles. The second-order valence-electron chi connectivity index (χ2n) is 3.93. The minimum atomic E-state index is 0.181. The molecule has 0 spiro atoms. The lowest BCUT2D eigenvalue weighted by Crippen LogP contribution is -2.23. The third-order valence-electron chi connectivity index (χ3n) is 2.72. The number of rotatable bonds is 4. The molecule has 0 radical (unpaired) electrons. The molecule has 0 saturated carbocycles. The molecule has 1 aliphatic heterocycles. The fourth-order valence-electron chi connectivity index (χ4n) is 1.82. The van der Waals surface area contributed by atoms with Gasteiger partial charge in [0.05, 0.1) is 16.7 Å². The topological polar surface area (TPSA) is 44.5 Å². The predicted octanol–water partition coefficient (Wildman–Crippen LogP) is 2.33. The highest BCUT2D eigenvalue weighted by Crippen LogP contribution is 2.25. The molecule has 1 aliphatic rings. The van der Waals surface area contributed by atoms with E-state index in [0.717, 1.165) is 23.1 Å². The van der Waals surface area contributed by atoms with Crippen LogP contribution in [0.5, 0.6) is 5.75 Å². The van der Waals surface area contributed by atoms with Crippen molar-refractivity contribution in [1.82, 2.24) is 0 Å². The molecule has 2 atom stereocenters. The first-order valence-corrected chi connectivity index (χ1v) is 6.31. The molecule has 88 valence electrons. The Morgan fingerprint density at radius 2 is 2.06 bits per heavy atom. The highest BCUT2D eigenvalue weighted by Gasteiger charge is 2.24. The minimum absolute atomic E-state index is 0.181. The molecule has 0 bridgehead atoms. The lowest BCUT2D eigenvalue weighted by molar-refractivity contribution is 0.0220. The van der Waals surface area contributed by atoms with E-state index >= 15 is 0 Å². The van der Waals surface area contributed by atoms with Gasteiger partial charge in [-0.3, -0.25) is 0 Å². The molecule has 1 heterocycles. The summed E-state index contributed by atoms with van der Waals surface area (Å²) in [6.07, 6.45) is 2.47. The highest BCUT2D eigenvalue weighted by molar-refractivity contribution is 9.10. The summed E-state index contributed by atoms with van der Waals surface area (Å²) >= 11 is 3.45. The van der Waals surface area contributed by atoms with Crippen molar-refractivity contribution in [2.24, 2.45) is 5.73 Å². The van der Waals surface area contributed by atoms with E-state index in [-0.39, 0.29) is 12.2 Å². The summed E-state index contributed by atoms with van der Waals surface area (Å²) in [5.41, 5.74) is 5.55. The molecule has 2 rings (SSSR count). The van der Waals surface area contributed by atoms with E-state index in [1.54, 1.807) is 0 Å². The van der Waals surface area contributed by atoms with Gasteiger partial charge < -0.3 is 15.2 Å². The second kappa shape index (κ2) is 5.66. The first kappa shape index (κ1) is 11.9. The monoisotopic (exact) mass is 285 g/mol. The number of benzene rings is 1. The van der Waals surface area contributed by atoms with Crippen molar-refractivity contribution in [3.63, 3.8) is 0 Å². The Labute approximate surface area is 104 Å². The number of halogens is 1. The summed E-state index contributed by atoms with van der Waals surface area (Å²) in [7, 11) is 0. The zero-order valence-electron chi connectivity index (χ0n) is 9.06. The van der Waals surface area contributed by atoms with E-state index in [1.807, 2.05) is 24.3 Å². The van der Waals surface area contributed by atoms with Crippen LogP contribution in [0.2, 0.25) is 0 Å². The van der Waals surface area contributed by atoms with Crippen LogP contribution < -0.4 is 10.5 Å². The van der Waals surface area contributed by atoms with Crippen molar-refractivity contribution >= 4 is 15.9 Å². The van der Waals surface area contributed by atoms with Crippen LogP contribution >= 0.6 is 15.9 Å². The summed E-state index contributed by atoms with van der Waals surface area (Å²) < 4.78 is 12.4. The van der Waals surface area contributed by atoms with Crippen molar-refractivity contribution in [3.8, 4) is 5.75 Å². The van der Waals surface area contributed by atoms with Crippen LogP contribution in [0.15, 0.2) is 28.7 Å². The molecule has 16 heavy (non-hydrogen) atoms. The first-order chi connectivity index (χ1) is 7.79.